The molecule has 4 atom stereocenters. The smallest absolute Gasteiger partial charge is 0.238 e. The van der Waals surface area contributed by atoms with Gasteiger partial charge in [0.1, 0.15) is 5.78 Å². The van der Waals surface area contributed by atoms with Crippen LogP contribution in [0.4, 0.5) is 5.69 Å². The van der Waals surface area contributed by atoms with Crippen molar-refractivity contribution in [2.45, 2.75) is 19.8 Å². The van der Waals surface area contributed by atoms with E-state index in [1.165, 1.54) is 4.90 Å². The van der Waals surface area contributed by atoms with Crippen LogP contribution in [-0.2, 0) is 14.4 Å². The molecule has 2 bridgehead atoms. The SMILES string of the molecule is Cc1cc(N2C(=O)C3C4CC(=O)C(C4)C3C2=O)ccc1Br. The van der Waals surface area contributed by atoms with Gasteiger partial charge < -0.3 is 0 Å². The van der Waals surface area contributed by atoms with E-state index in [2.05, 4.69) is 15.9 Å². The fraction of sp³-hybridized carbons (Fsp3) is 0.438. The number of rotatable bonds is 1. The van der Waals surface area contributed by atoms with Crippen molar-refractivity contribution in [3.63, 3.8) is 0 Å². The molecule has 0 radical (unpaired) electrons. The molecule has 4 unspecified atom stereocenters. The Morgan fingerprint density at radius 2 is 1.86 bits per heavy atom. The number of aryl methyl sites for hydroxylation is 1. The van der Waals surface area contributed by atoms with E-state index in [1.54, 1.807) is 6.07 Å². The van der Waals surface area contributed by atoms with Crippen molar-refractivity contribution < 1.29 is 14.4 Å². The van der Waals surface area contributed by atoms with Gasteiger partial charge in [-0.15, -0.1) is 0 Å². The molecule has 4 nitrogen and oxygen atoms in total. The molecule has 21 heavy (non-hydrogen) atoms. The first-order valence-electron chi connectivity index (χ1n) is 7.15. The molecule has 1 saturated heterocycles. The number of carbonyl (C=O) groups is 3. The van der Waals surface area contributed by atoms with Crippen LogP contribution in [0.25, 0.3) is 0 Å². The predicted octanol–water partition coefficient (Wildman–Crippen LogP) is 2.47. The second-order valence-corrected chi connectivity index (χ2v) is 7.12. The molecule has 0 spiro atoms. The zero-order valence-electron chi connectivity index (χ0n) is 11.5. The largest absolute Gasteiger partial charge is 0.299 e. The van der Waals surface area contributed by atoms with Crippen LogP contribution in [0.15, 0.2) is 22.7 Å². The lowest BCUT2D eigenvalue weighted by molar-refractivity contribution is -0.131. The van der Waals surface area contributed by atoms with E-state index >= 15 is 0 Å². The summed E-state index contributed by atoms with van der Waals surface area (Å²) in [6, 6.07) is 5.46. The van der Waals surface area contributed by atoms with Gasteiger partial charge in [0.05, 0.1) is 17.5 Å². The van der Waals surface area contributed by atoms with Gasteiger partial charge >= 0.3 is 0 Å². The third kappa shape index (κ3) is 1.64. The Hall–Kier alpha value is -1.49. The van der Waals surface area contributed by atoms with Crippen LogP contribution in [0, 0.1) is 30.6 Å². The number of amides is 2. The summed E-state index contributed by atoms with van der Waals surface area (Å²) in [4.78, 5) is 38.5. The molecule has 1 aromatic carbocycles. The Bertz CT molecular complexity index is 699. The minimum Gasteiger partial charge on any atom is -0.299 e. The number of anilines is 1. The van der Waals surface area contributed by atoms with Crippen LogP contribution in [-0.4, -0.2) is 17.6 Å². The van der Waals surface area contributed by atoms with Gasteiger partial charge in [0, 0.05) is 16.8 Å². The number of imide groups is 1. The van der Waals surface area contributed by atoms with E-state index in [0.717, 1.165) is 16.5 Å². The summed E-state index contributed by atoms with van der Waals surface area (Å²) in [6.07, 6.45) is 1.19. The number of hydrogen-bond donors (Lipinski definition) is 0. The lowest BCUT2D eigenvalue weighted by Crippen LogP contribution is -2.33. The topological polar surface area (TPSA) is 54.5 Å². The van der Waals surface area contributed by atoms with Crippen LogP contribution in [0.2, 0.25) is 0 Å². The number of fused-ring (bicyclic) bond motifs is 5. The summed E-state index contributed by atoms with van der Waals surface area (Å²) < 4.78 is 0.945. The molecule has 2 aliphatic carbocycles. The average molecular weight is 348 g/mol. The van der Waals surface area contributed by atoms with Gasteiger partial charge in [-0.25, -0.2) is 0 Å². The quantitative estimate of drug-likeness (QED) is 0.733. The van der Waals surface area contributed by atoms with Gasteiger partial charge in [-0.2, -0.15) is 0 Å². The van der Waals surface area contributed by atoms with Crippen LogP contribution in [0.1, 0.15) is 18.4 Å². The first-order chi connectivity index (χ1) is 9.99. The van der Waals surface area contributed by atoms with Crippen LogP contribution < -0.4 is 4.90 Å². The van der Waals surface area contributed by atoms with E-state index < -0.39 is 5.92 Å². The van der Waals surface area contributed by atoms with E-state index in [0.29, 0.717) is 12.1 Å². The van der Waals surface area contributed by atoms with Gasteiger partial charge in [-0.1, -0.05) is 15.9 Å². The Morgan fingerprint density at radius 3 is 2.57 bits per heavy atom. The minimum atomic E-state index is -0.410. The van der Waals surface area contributed by atoms with Crippen LogP contribution in [0.3, 0.4) is 0 Å². The summed E-state index contributed by atoms with van der Waals surface area (Å²) >= 11 is 3.42. The highest BCUT2D eigenvalue weighted by Gasteiger charge is 2.64. The third-order valence-electron chi connectivity index (χ3n) is 5.17. The lowest BCUT2D eigenvalue weighted by Gasteiger charge is -2.18. The minimum absolute atomic E-state index is 0.0745. The molecule has 2 saturated carbocycles. The maximum atomic E-state index is 12.7. The molecule has 3 aliphatic rings. The zero-order valence-corrected chi connectivity index (χ0v) is 13.1. The highest BCUT2D eigenvalue weighted by Crippen LogP contribution is 2.55. The van der Waals surface area contributed by atoms with Gasteiger partial charge in [-0.3, -0.25) is 19.3 Å². The highest BCUT2D eigenvalue weighted by molar-refractivity contribution is 9.10. The second-order valence-electron chi connectivity index (χ2n) is 6.27. The summed E-state index contributed by atoms with van der Waals surface area (Å²) in [7, 11) is 0. The van der Waals surface area contributed by atoms with Crippen molar-refractivity contribution in [2.75, 3.05) is 4.90 Å². The number of nitrogens with zero attached hydrogens (tertiary/aromatic N) is 1. The summed E-state index contributed by atoms with van der Waals surface area (Å²) in [5, 5.41) is 0. The van der Waals surface area contributed by atoms with Gasteiger partial charge in [-0.05, 0) is 43.0 Å². The third-order valence-corrected chi connectivity index (χ3v) is 6.06. The molecule has 0 N–H and O–H groups in total. The molecule has 3 fully saturated rings. The van der Waals surface area contributed by atoms with Gasteiger partial charge in [0.2, 0.25) is 11.8 Å². The first kappa shape index (κ1) is 13.2. The summed E-state index contributed by atoms with van der Waals surface area (Å²) in [5.41, 5.74) is 1.59. The monoisotopic (exact) mass is 347 g/mol. The number of Topliss-reactive ketones (excluding diaryl/α,β-unsaturated/α-hetero) is 1. The van der Waals surface area contributed by atoms with Crippen molar-refractivity contribution >= 4 is 39.2 Å². The molecule has 1 aromatic rings. The van der Waals surface area contributed by atoms with E-state index in [4.69, 9.17) is 0 Å². The lowest BCUT2D eigenvalue weighted by atomic mass is 9.80. The highest BCUT2D eigenvalue weighted by atomic mass is 79.9. The molecule has 108 valence electrons. The Labute approximate surface area is 130 Å². The number of carbonyl (C=O) groups excluding carboxylic acids is 3. The van der Waals surface area contributed by atoms with E-state index in [-0.39, 0.29) is 35.4 Å². The van der Waals surface area contributed by atoms with Crippen LogP contribution >= 0.6 is 15.9 Å². The molecule has 2 amide bonds. The first-order valence-corrected chi connectivity index (χ1v) is 7.95. The van der Waals surface area contributed by atoms with E-state index in [9.17, 15) is 14.4 Å². The molecular weight excluding hydrogens is 334 g/mol. The molecule has 0 aromatic heterocycles. The van der Waals surface area contributed by atoms with E-state index in [1.807, 2.05) is 19.1 Å². The Balaban J connectivity index is 1.75. The van der Waals surface area contributed by atoms with Crippen molar-refractivity contribution in [1.29, 1.82) is 0 Å². The van der Waals surface area contributed by atoms with Crippen molar-refractivity contribution in [2.24, 2.45) is 23.7 Å². The normalized spacial score (nSPS) is 34.0. The van der Waals surface area contributed by atoms with Crippen molar-refractivity contribution in [1.82, 2.24) is 0 Å². The molecule has 1 heterocycles. The fourth-order valence-electron chi connectivity index (χ4n) is 4.22. The Morgan fingerprint density at radius 1 is 1.14 bits per heavy atom. The van der Waals surface area contributed by atoms with Gasteiger partial charge in [0.15, 0.2) is 0 Å². The molecule has 4 rings (SSSR count). The average Bonchev–Trinajstić information content (AvgIpc) is 3.05. The Kier molecular flexibility index (Phi) is 2.67. The summed E-state index contributed by atoms with van der Waals surface area (Å²) in [6.45, 7) is 1.92. The van der Waals surface area contributed by atoms with Crippen molar-refractivity contribution in [3.05, 3.63) is 28.2 Å². The molecule has 5 heteroatoms. The maximum absolute atomic E-state index is 12.7. The number of benzene rings is 1. The fourth-order valence-corrected chi connectivity index (χ4v) is 4.47. The standard InChI is InChI=1S/C16H14BrNO3/c1-7-4-9(2-3-11(7)17)18-15(20)13-8-5-10(12(19)6-8)14(13)16(18)21/h2-4,8,10,13-14H,5-6H2,1H3. The molecule has 1 aliphatic heterocycles. The van der Waals surface area contributed by atoms with Gasteiger partial charge in [0.25, 0.3) is 0 Å². The summed E-state index contributed by atoms with van der Waals surface area (Å²) in [5.74, 6) is -0.976. The zero-order chi connectivity index (χ0) is 14.9. The second kappa shape index (κ2) is 4.26. The molecular formula is C16H14BrNO3. The van der Waals surface area contributed by atoms with Crippen molar-refractivity contribution in [3.8, 4) is 0 Å². The number of ketones is 1. The predicted molar refractivity (Wildman–Crippen MR) is 79.6 cm³/mol. The van der Waals surface area contributed by atoms with Crippen LogP contribution in [0.5, 0.6) is 0 Å². The number of hydrogen-bond acceptors (Lipinski definition) is 3. The number of halogens is 1. The maximum Gasteiger partial charge on any atom is 0.238 e.